The van der Waals surface area contributed by atoms with Crippen molar-refractivity contribution in [2.24, 2.45) is 5.10 Å². The summed E-state index contributed by atoms with van der Waals surface area (Å²) in [7, 11) is 0. The van der Waals surface area contributed by atoms with E-state index in [0.29, 0.717) is 28.0 Å². The van der Waals surface area contributed by atoms with E-state index in [1.54, 1.807) is 48.5 Å². The van der Waals surface area contributed by atoms with E-state index in [0.717, 1.165) is 26.2 Å². The number of anilines is 1. The van der Waals surface area contributed by atoms with Crippen LogP contribution in [0.2, 0.25) is 5.02 Å². The summed E-state index contributed by atoms with van der Waals surface area (Å²) < 4.78 is 20.1. The maximum atomic E-state index is 12.5. The van der Waals surface area contributed by atoms with Crippen LogP contribution in [0.1, 0.15) is 33.3 Å². The van der Waals surface area contributed by atoms with Crippen LogP contribution in [0.4, 0.5) is 5.69 Å². The first-order valence-corrected chi connectivity index (χ1v) is 15.0. The third-order valence-electron chi connectivity index (χ3n) is 6.46. The van der Waals surface area contributed by atoms with E-state index in [9.17, 15) is 9.59 Å². The van der Waals surface area contributed by atoms with Gasteiger partial charge in [-0.3, -0.25) is 9.59 Å². The Labute approximate surface area is 273 Å². The third kappa shape index (κ3) is 8.08. The van der Waals surface area contributed by atoms with E-state index >= 15 is 0 Å². The second-order valence-electron chi connectivity index (χ2n) is 9.73. The van der Waals surface area contributed by atoms with Gasteiger partial charge >= 0.3 is 5.91 Å². The van der Waals surface area contributed by atoms with Crippen LogP contribution in [0.5, 0.6) is 11.5 Å². The van der Waals surface area contributed by atoms with Crippen molar-refractivity contribution < 1.29 is 23.5 Å². The number of aryl methyl sites for hydroxylation is 2. The molecule has 0 spiro atoms. The Morgan fingerprint density at radius 1 is 0.932 bits per heavy atom. The maximum absolute atomic E-state index is 12.5. The van der Waals surface area contributed by atoms with Crippen molar-refractivity contribution in [1.82, 2.24) is 9.99 Å². The molecular weight excluding hydrogens is 695 g/mol. The Morgan fingerprint density at radius 2 is 1.66 bits per heavy atom. The summed E-state index contributed by atoms with van der Waals surface area (Å²) in [5.74, 6) is 1.07. The number of hydrazone groups is 1. The normalized spacial score (nSPS) is 11.0. The number of carbonyl (C=O) groups is 2. The summed E-state index contributed by atoms with van der Waals surface area (Å²) in [6.07, 6.45) is 1.50. The van der Waals surface area contributed by atoms with Crippen molar-refractivity contribution in [2.45, 2.75) is 20.5 Å². The summed E-state index contributed by atoms with van der Waals surface area (Å²) >= 11 is 7.97. The molecule has 2 aromatic heterocycles. The summed E-state index contributed by atoms with van der Waals surface area (Å²) in [4.78, 5) is 24.7. The van der Waals surface area contributed by atoms with Crippen molar-refractivity contribution in [1.29, 1.82) is 0 Å². The number of nitrogens with zero attached hydrogens (tertiary/aromatic N) is 2. The highest BCUT2D eigenvalue weighted by Gasteiger charge is 2.12. The van der Waals surface area contributed by atoms with Gasteiger partial charge in [-0.1, -0.05) is 11.6 Å². The molecule has 0 atom stereocenters. The molecule has 224 valence electrons. The van der Waals surface area contributed by atoms with E-state index in [1.165, 1.54) is 6.21 Å². The largest absolute Gasteiger partial charge is 0.486 e. The number of aromatic nitrogens is 1. The number of halogens is 2. The maximum Gasteiger partial charge on any atom is 0.307 e. The minimum atomic E-state index is -0.490. The Kier molecular flexibility index (Phi) is 10.0. The molecule has 44 heavy (non-hydrogen) atoms. The Morgan fingerprint density at radius 3 is 2.36 bits per heavy atom. The van der Waals surface area contributed by atoms with Gasteiger partial charge in [0.05, 0.1) is 9.78 Å². The van der Waals surface area contributed by atoms with Crippen LogP contribution in [0.15, 0.2) is 101 Å². The third-order valence-corrected chi connectivity index (χ3v) is 7.55. The molecule has 0 bridgehead atoms. The molecule has 0 unspecified atom stereocenters. The number of amides is 2. The average molecular weight is 723 g/mol. The molecule has 11 heteroatoms. The van der Waals surface area contributed by atoms with Crippen LogP contribution < -0.4 is 20.2 Å². The zero-order valence-electron chi connectivity index (χ0n) is 23.8. The van der Waals surface area contributed by atoms with Gasteiger partial charge in [0.1, 0.15) is 23.9 Å². The van der Waals surface area contributed by atoms with Gasteiger partial charge < -0.3 is 23.8 Å². The van der Waals surface area contributed by atoms with Crippen molar-refractivity contribution >= 4 is 57.9 Å². The topological polar surface area (TPSA) is 107 Å². The quantitative estimate of drug-likeness (QED) is 0.0846. The first-order valence-electron chi connectivity index (χ1n) is 13.5. The first kappa shape index (κ1) is 30.9. The summed E-state index contributed by atoms with van der Waals surface area (Å²) in [5.41, 5.74) is 7.20. The van der Waals surface area contributed by atoms with Gasteiger partial charge in [0, 0.05) is 27.8 Å². The van der Waals surface area contributed by atoms with E-state index in [2.05, 4.69) is 69.0 Å². The van der Waals surface area contributed by atoms with Gasteiger partial charge in [0.2, 0.25) is 0 Å². The zero-order chi connectivity index (χ0) is 31.1. The molecule has 0 radical (unpaired) electrons. The molecular formula is C33H28ClIN4O5. The molecule has 2 amide bonds. The van der Waals surface area contributed by atoms with Crippen molar-refractivity contribution in [2.75, 3.05) is 11.9 Å². The lowest BCUT2D eigenvalue weighted by atomic mass is 10.2. The van der Waals surface area contributed by atoms with Gasteiger partial charge in [0.15, 0.2) is 12.4 Å². The van der Waals surface area contributed by atoms with Crippen LogP contribution in [0, 0.1) is 17.4 Å². The van der Waals surface area contributed by atoms with Crippen LogP contribution >= 0.6 is 34.2 Å². The predicted octanol–water partition coefficient (Wildman–Crippen LogP) is 7.31. The fourth-order valence-corrected chi connectivity index (χ4v) is 5.13. The van der Waals surface area contributed by atoms with E-state index in [1.807, 2.05) is 30.3 Å². The number of hydrogen-bond acceptors (Lipinski definition) is 6. The van der Waals surface area contributed by atoms with Crippen molar-refractivity contribution in [3.8, 4) is 17.2 Å². The average Bonchev–Trinajstić information content (AvgIpc) is 3.63. The lowest BCUT2D eigenvalue weighted by Gasteiger charge is -2.10. The van der Waals surface area contributed by atoms with Gasteiger partial charge in [-0.05, 0) is 133 Å². The summed E-state index contributed by atoms with van der Waals surface area (Å²) in [6, 6.07) is 27.4. The van der Waals surface area contributed by atoms with E-state index in [4.69, 9.17) is 25.5 Å². The van der Waals surface area contributed by atoms with Gasteiger partial charge in [-0.15, -0.1) is 0 Å². The fourth-order valence-electron chi connectivity index (χ4n) is 4.31. The summed E-state index contributed by atoms with van der Waals surface area (Å²) in [6.45, 7) is 4.15. The number of furan rings is 1. The Balaban J connectivity index is 1.07. The molecule has 5 aromatic rings. The minimum absolute atomic E-state index is 0.116. The Bertz CT molecular complexity index is 1780. The van der Waals surface area contributed by atoms with Gasteiger partial charge in [-0.2, -0.15) is 5.10 Å². The number of rotatable bonds is 11. The van der Waals surface area contributed by atoms with Gasteiger partial charge in [0.25, 0.3) is 5.91 Å². The van der Waals surface area contributed by atoms with Crippen LogP contribution in [-0.2, 0) is 11.4 Å². The first-order chi connectivity index (χ1) is 21.2. The molecule has 2 N–H and O–H groups in total. The molecule has 5 rings (SSSR count). The van der Waals surface area contributed by atoms with Crippen LogP contribution in [0.25, 0.3) is 5.69 Å². The van der Waals surface area contributed by atoms with Crippen molar-refractivity contribution in [3.63, 3.8) is 0 Å². The monoisotopic (exact) mass is 722 g/mol. The molecule has 0 saturated heterocycles. The standard InChI is InChI=1S/C33H28ClIN4O5/c1-21-3-4-22(2)39(21)26-10-12-27(13-11-26)42-19-28-14-16-31(44-28)33(41)38-36-18-23-5-15-30(29(35)17-23)43-20-32(40)37-25-8-6-24(34)7-9-25/h3-18H,19-20H2,1-2H3,(H,37,40)(H,38,41)/b36-18+. The van der Waals surface area contributed by atoms with Crippen LogP contribution in [0.3, 0.4) is 0 Å². The van der Waals surface area contributed by atoms with E-state index < -0.39 is 5.91 Å². The number of nitrogens with one attached hydrogen (secondary N) is 2. The molecule has 3 aromatic carbocycles. The smallest absolute Gasteiger partial charge is 0.307 e. The second-order valence-corrected chi connectivity index (χ2v) is 11.3. The number of carbonyl (C=O) groups excluding carboxylic acids is 2. The fraction of sp³-hybridized carbons (Fsp3) is 0.121. The molecule has 0 fully saturated rings. The lowest BCUT2D eigenvalue weighted by molar-refractivity contribution is -0.118. The highest BCUT2D eigenvalue weighted by molar-refractivity contribution is 14.1. The highest BCUT2D eigenvalue weighted by atomic mass is 127. The predicted molar refractivity (Wildman–Crippen MR) is 178 cm³/mol. The van der Waals surface area contributed by atoms with Crippen LogP contribution in [-0.4, -0.2) is 29.2 Å². The highest BCUT2D eigenvalue weighted by Crippen LogP contribution is 2.23. The van der Waals surface area contributed by atoms with Crippen molar-refractivity contribution in [3.05, 3.63) is 128 Å². The molecule has 0 aliphatic carbocycles. The number of benzene rings is 3. The molecule has 0 aliphatic heterocycles. The lowest BCUT2D eigenvalue weighted by Crippen LogP contribution is -2.20. The molecule has 9 nitrogen and oxygen atoms in total. The molecule has 0 aliphatic rings. The minimum Gasteiger partial charge on any atom is -0.486 e. The molecule has 0 saturated carbocycles. The molecule has 2 heterocycles. The Hall–Kier alpha value is -4.55. The second kappa shape index (κ2) is 14.3. The number of ether oxygens (including phenoxy) is 2. The zero-order valence-corrected chi connectivity index (χ0v) is 26.8. The van der Waals surface area contributed by atoms with E-state index in [-0.39, 0.29) is 24.9 Å². The summed E-state index contributed by atoms with van der Waals surface area (Å²) in [5, 5.41) is 7.36. The van der Waals surface area contributed by atoms with Gasteiger partial charge in [-0.25, -0.2) is 5.43 Å². The number of hydrogen-bond donors (Lipinski definition) is 2. The SMILES string of the molecule is Cc1ccc(C)n1-c1ccc(OCc2ccc(C(=O)N/N=C/c3ccc(OCC(=O)Nc4ccc(Cl)cc4)c(I)c3)o2)cc1.